The smallest absolute Gasteiger partial charge is 0.128 e. The minimum atomic E-state index is -0.120. The quantitative estimate of drug-likeness (QED) is 0.903. The van der Waals surface area contributed by atoms with Crippen LogP contribution in [0.2, 0.25) is 0 Å². The van der Waals surface area contributed by atoms with Crippen LogP contribution >= 0.6 is 0 Å². The lowest BCUT2D eigenvalue weighted by Crippen LogP contribution is -2.47. The Balaban J connectivity index is 1.67. The third-order valence-corrected chi connectivity index (χ3v) is 4.55. The fraction of sp³-hybridized carbons (Fsp3) is 0.647. The Morgan fingerprint density at radius 1 is 1.24 bits per heavy atom. The van der Waals surface area contributed by atoms with Gasteiger partial charge in [0, 0.05) is 50.0 Å². The van der Waals surface area contributed by atoms with Gasteiger partial charge in [0.15, 0.2) is 0 Å². The van der Waals surface area contributed by atoms with E-state index in [0.29, 0.717) is 6.42 Å². The summed E-state index contributed by atoms with van der Waals surface area (Å²) in [5.74, 6) is 0.824. The molecule has 1 aliphatic heterocycles. The van der Waals surface area contributed by atoms with Crippen molar-refractivity contribution in [3.05, 3.63) is 29.6 Å². The monoisotopic (exact) mass is 291 g/mol. The van der Waals surface area contributed by atoms with Gasteiger partial charge in [-0.2, -0.15) is 0 Å². The summed E-state index contributed by atoms with van der Waals surface area (Å²) in [4.78, 5) is 4.88. The zero-order valence-electron chi connectivity index (χ0n) is 12.9. The van der Waals surface area contributed by atoms with Crippen molar-refractivity contribution in [3.63, 3.8) is 0 Å². The van der Waals surface area contributed by atoms with E-state index in [1.807, 2.05) is 19.1 Å². The van der Waals surface area contributed by atoms with Gasteiger partial charge in [-0.25, -0.2) is 4.39 Å². The molecule has 1 aromatic rings. The molecular formula is C17H26FN3. The molecule has 0 bridgehead atoms. The molecule has 0 amide bonds. The van der Waals surface area contributed by atoms with E-state index in [0.717, 1.165) is 43.3 Å². The van der Waals surface area contributed by atoms with Crippen LogP contribution in [0.1, 0.15) is 25.3 Å². The van der Waals surface area contributed by atoms with Crippen molar-refractivity contribution in [3.8, 4) is 0 Å². The van der Waals surface area contributed by atoms with E-state index in [1.165, 1.54) is 19.4 Å². The molecule has 1 heterocycles. The highest BCUT2D eigenvalue weighted by molar-refractivity contribution is 5.55. The van der Waals surface area contributed by atoms with Crippen LogP contribution in [-0.2, 0) is 6.42 Å². The maximum absolute atomic E-state index is 14.1. The first-order chi connectivity index (χ1) is 10.1. The summed E-state index contributed by atoms with van der Waals surface area (Å²) in [5.41, 5.74) is 7.70. The maximum Gasteiger partial charge on any atom is 0.128 e. The first-order valence-electron chi connectivity index (χ1n) is 8.13. The van der Waals surface area contributed by atoms with Crippen molar-refractivity contribution in [1.82, 2.24) is 4.90 Å². The van der Waals surface area contributed by atoms with Gasteiger partial charge in [-0.1, -0.05) is 6.07 Å². The van der Waals surface area contributed by atoms with Crippen molar-refractivity contribution in [2.75, 3.05) is 37.6 Å². The standard InChI is InChI=1S/C17H26FN3/c1-13(19)11-15-16(18)3-2-4-17(15)21-9-7-20(8-10-21)12-14-5-6-14/h2-4,13-14H,5-12,19H2,1H3. The van der Waals surface area contributed by atoms with Crippen LogP contribution in [0.3, 0.4) is 0 Å². The van der Waals surface area contributed by atoms with Crippen molar-refractivity contribution >= 4 is 5.69 Å². The van der Waals surface area contributed by atoms with Gasteiger partial charge in [-0.05, 0) is 44.2 Å². The summed E-state index contributed by atoms with van der Waals surface area (Å²) < 4.78 is 14.1. The number of piperazine rings is 1. The molecule has 2 aliphatic rings. The first kappa shape index (κ1) is 14.8. The van der Waals surface area contributed by atoms with E-state index < -0.39 is 0 Å². The summed E-state index contributed by atoms with van der Waals surface area (Å²) in [6.45, 7) is 7.34. The van der Waals surface area contributed by atoms with E-state index in [9.17, 15) is 4.39 Å². The molecule has 116 valence electrons. The predicted molar refractivity (Wildman–Crippen MR) is 85.1 cm³/mol. The Labute approximate surface area is 126 Å². The van der Waals surface area contributed by atoms with Crippen molar-refractivity contribution in [2.24, 2.45) is 11.7 Å². The highest BCUT2D eigenvalue weighted by Crippen LogP contribution is 2.31. The second kappa shape index (κ2) is 6.32. The highest BCUT2D eigenvalue weighted by Gasteiger charge is 2.27. The molecule has 2 N–H and O–H groups in total. The molecule has 1 unspecified atom stereocenters. The van der Waals surface area contributed by atoms with Crippen LogP contribution in [0.4, 0.5) is 10.1 Å². The average molecular weight is 291 g/mol. The lowest BCUT2D eigenvalue weighted by atomic mass is 10.0. The highest BCUT2D eigenvalue weighted by atomic mass is 19.1. The minimum Gasteiger partial charge on any atom is -0.369 e. The third-order valence-electron chi connectivity index (χ3n) is 4.55. The molecule has 1 saturated heterocycles. The Morgan fingerprint density at radius 2 is 1.95 bits per heavy atom. The van der Waals surface area contributed by atoms with E-state index in [4.69, 9.17) is 5.73 Å². The third kappa shape index (κ3) is 3.74. The van der Waals surface area contributed by atoms with Gasteiger partial charge in [0.1, 0.15) is 5.82 Å². The average Bonchev–Trinajstić information content (AvgIpc) is 3.26. The summed E-state index contributed by atoms with van der Waals surface area (Å²) in [5, 5.41) is 0. The fourth-order valence-corrected chi connectivity index (χ4v) is 3.20. The molecule has 3 rings (SSSR count). The lowest BCUT2D eigenvalue weighted by Gasteiger charge is -2.37. The lowest BCUT2D eigenvalue weighted by molar-refractivity contribution is 0.248. The number of halogens is 1. The molecule has 3 nitrogen and oxygen atoms in total. The molecule has 0 aromatic heterocycles. The van der Waals surface area contributed by atoms with Gasteiger partial charge in [-0.15, -0.1) is 0 Å². The molecular weight excluding hydrogens is 265 g/mol. The number of nitrogens with two attached hydrogens (primary N) is 1. The maximum atomic E-state index is 14.1. The number of hydrogen-bond donors (Lipinski definition) is 1. The Bertz CT molecular complexity index is 477. The van der Waals surface area contributed by atoms with Gasteiger partial charge in [0.25, 0.3) is 0 Å². The van der Waals surface area contributed by atoms with Crippen molar-refractivity contribution < 1.29 is 4.39 Å². The van der Waals surface area contributed by atoms with E-state index in [1.54, 1.807) is 6.07 Å². The second-order valence-corrected chi connectivity index (χ2v) is 6.65. The molecule has 21 heavy (non-hydrogen) atoms. The number of nitrogens with zero attached hydrogens (tertiary/aromatic N) is 2. The molecule has 0 spiro atoms. The number of anilines is 1. The Morgan fingerprint density at radius 3 is 2.57 bits per heavy atom. The normalized spacial score (nSPS) is 21.6. The number of benzene rings is 1. The van der Waals surface area contributed by atoms with E-state index in [-0.39, 0.29) is 11.9 Å². The van der Waals surface area contributed by atoms with Crippen molar-refractivity contribution in [1.29, 1.82) is 0 Å². The van der Waals surface area contributed by atoms with Crippen LogP contribution in [0.25, 0.3) is 0 Å². The largest absolute Gasteiger partial charge is 0.369 e. The molecule has 1 aliphatic carbocycles. The molecule has 4 heteroatoms. The molecule has 0 radical (unpaired) electrons. The van der Waals surface area contributed by atoms with E-state index >= 15 is 0 Å². The van der Waals surface area contributed by atoms with Gasteiger partial charge >= 0.3 is 0 Å². The van der Waals surface area contributed by atoms with Gasteiger partial charge in [0.05, 0.1) is 0 Å². The summed E-state index contributed by atoms with van der Waals surface area (Å²) in [7, 11) is 0. The van der Waals surface area contributed by atoms with E-state index in [2.05, 4.69) is 9.80 Å². The number of rotatable bonds is 5. The van der Waals surface area contributed by atoms with Crippen LogP contribution in [0.5, 0.6) is 0 Å². The zero-order valence-corrected chi connectivity index (χ0v) is 12.9. The van der Waals surface area contributed by atoms with Crippen LogP contribution < -0.4 is 10.6 Å². The summed E-state index contributed by atoms with van der Waals surface area (Å²) in [6, 6.07) is 5.38. The molecule has 1 aromatic carbocycles. The molecule has 1 atom stereocenters. The van der Waals surface area contributed by atoms with Crippen LogP contribution in [-0.4, -0.2) is 43.7 Å². The fourth-order valence-electron chi connectivity index (χ4n) is 3.20. The van der Waals surface area contributed by atoms with Gasteiger partial charge in [0.2, 0.25) is 0 Å². The van der Waals surface area contributed by atoms with Gasteiger partial charge < -0.3 is 10.6 Å². The minimum absolute atomic E-state index is 0.0168. The van der Waals surface area contributed by atoms with Gasteiger partial charge in [-0.3, -0.25) is 4.90 Å². The van der Waals surface area contributed by atoms with Crippen LogP contribution in [0.15, 0.2) is 18.2 Å². The van der Waals surface area contributed by atoms with Crippen LogP contribution in [0, 0.1) is 11.7 Å². The SMILES string of the molecule is CC(N)Cc1c(F)cccc1N1CCN(CC2CC2)CC1. The Hall–Kier alpha value is -1.13. The summed E-state index contributed by atoms with van der Waals surface area (Å²) in [6.07, 6.45) is 3.41. The topological polar surface area (TPSA) is 32.5 Å². The van der Waals surface area contributed by atoms with Crippen molar-refractivity contribution in [2.45, 2.75) is 32.2 Å². The summed E-state index contributed by atoms with van der Waals surface area (Å²) >= 11 is 0. The molecule has 1 saturated carbocycles. The number of hydrogen-bond acceptors (Lipinski definition) is 3. The molecule has 2 fully saturated rings. The predicted octanol–water partition coefficient (Wildman–Crippen LogP) is 2.25. The Kier molecular flexibility index (Phi) is 4.45. The zero-order chi connectivity index (χ0) is 14.8. The first-order valence-corrected chi connectivity index (χ1v) is 8.13. The second-order valence-electron chi connectivity index (χ2n) is 6.65.